The molecule has 116 valence electrons. The normalized spacial score (nSPS) is 29.4. The number of aliphatic hydroxyl groups excluding tert-OH is 2. The largest absolute Gasteiger partial charge is 0.410 e. The van der Waals surface area contributed by atoms with Crippen molar-refractivity contribution in [3.8, 4) is 6.26 Å². The third kappa shape index (κ3) is 2.22. The highest BCUT2D eigenvalue weighted by Gasteiger charge is 2.47. The van der Waals surface area contributed by atoms with Gasteiger partial charge in [-0.15, -0.1) is 12.6 Å². The maximum absolute atomic E-state index is 10.2. The molecule has 3 rings (SSSR count). The molecular weight excluding hydrogens is 312 g/mol. The Kier molecular flexibility index (Phi) is 3.75. The van der Waals surface area contributed by atoms with Crippen molar-refractivity contribution < 1.29 is 19.7 Å². The fraction of sp³-hybridized carbons (Fsp3) is 0.455. The van der Waals surface area contributed by atoms with Crippen LogP contribution in [0.2, 0.25) is 0 Å². The molecule has 0 aliphatic carbocycles. The molecule has 10 nitrogen and oxygen atoms in total. The monoisotopic (exact) mass is 324 g/mol. The molecule has 2 aromatic heterocycles. The maximum Gasteiger partial charge on any atom is 0.287 e. The van der Waals surface area contributed by atoms with E-state index in [1.807, 2.05) is 0 Å². The zero-order valence-corrected chi connectivity index (χ0v) is 11.9. The van der Waals surface area contributed by atoms with Gasteiger partial charge in [-0.2, -0.15) is 5.26 Å². The Hall–Kier alpha value is -2.13. The number of hydrogen-bond donors (Lipinski definition) is 4. The first kappa shape index (κ1) is 14.8. The van der Waals surface area contributed by atoms with Gasteiger partial charge in [-0.3, -0.25) is 4.57 Å². The number of aromatic nitrogens is 4. The standard InChI is InChI=1S/C11H12N6O4S/c12-1-20-11(22)7-5(18)6(19)10(21-7)17-3-16-4-8(13)14-2-15-9(4)17/h2-3,5-7,10-11,18-19,22H,(H2,13,14,15)/t5-,6+,7-,10+,11?/m0/s1. The number of nitrogens with zero attached hydrogens (tertiary/aromatic N) is 5. The molecule has 3 heterocycles. The van der Waals surface area contributed by atoms with Crippen LogP contribution in [-0.2, 0) is 9.47 Å². The van der Waals surface area contributed by atoms with E-state index in [1.54, 1.807) is 0 Å². The lowest BCUT2D eigenvalue weighted by atomic mass is 10.1. The minimum absolute atomic E-state index is 0.188. The van der Waals surface area contributed by atoms with E-state index >= 15 is 0 Å². The Morgan fingerprint density at radius 1 is 1.41 bits per heavy atom. The fourth-order valence-corrected chi connectivity index (χ4v) is 2.62. The highest BCUT2D eigenvalue weighted by atomic mass is 32.1. The van der Waals surface area contributed by atoms with Crippen LogP contribution in [0.25, 0.3) is 11.2 Å². The summed E-state index contributed by atoms with van der Waals surface area (Å²) < 4.78 is 11.6. The third-order valence-corrected chi connectivity index (χ3v) is 3.79. The van der Waals surface area contributed by atoms with E-state index in [0.717, 1.165) is 0 Å². The van der Waals surface area contributed by atoms with Crippen molar-refractivity contribution in [3.63, 3.8) is 0 Å². The molecular formula is C11H12N6O4S. The molecule has 1 aliphatic rings. The number of nitrogen functional groups attached to an aromatic ring is 1. The van der Waals surface area contributed by atoms with Crippen LogP contribution < -0.4 is 5.73 Å². The molecule has 22 heavy (non-hydrogen) atoms. The van der Waals surface area contributed by atoms with E-state index in [2.05, 4.69) is 32.3 Å². The van der Waals surface area contributed by atoms with Crippen molar-refractivity contribution in [1.29, 1.82) is 5.26 Å². The number of ether oxygens (including phenoxy) is 2. The lowest BCUT2D eigenvalue weighted by molar-refractivity contribution is -0.0593. The van der Waals surface area contributed by atoms with Gasteiger partial charge in [0.2, 0.25) is 0 Å². The summed E-state index contributed by atoms with van der Waals surface area (Å²) in [6.07, 6.45) is -0.463. The summed E-state index contributed by atoms with van der Waals surface area (Å²) in [5.41, 5.74) is 5.38. The minimum Gasteiger partial charge on any atom is -0.410 e. The van der Waals surface area contributed by atoms with Crippen molar-refractivity contribution in [2.75, 3.05) is 5.73 Å². The second-order valence-corrected chi connectivity index (χ2v) is 5.16. The van der Waals surface area contributed by atoms with Crippen LogP contribution in [0, 0.1) is 11.5 Å². The Morgan fingerprint density at radius 2 is 2.18 bits per heavy atom. The van der Waals surface area contributed by atoms with Crippen LogP contribution in [0.5, 0.6) is 0 Å². The van der Waals surface area contributed by atoms with Crippen molar-refractivity contribution in [1.82, 2.24) is 19.5 Å². The minimum atomic E-state index is -1.29. The van der Waals surface area contributed by atoms with Gasteiger partial charge < -0.3 is 25.4 Å². The first-order chi connectivity index (χ1) is 10.5. The first-order valence-corrected chi connectivity index (χ1v) is 6.73. The molecule has 0 saturated carbocycles. The number of nitrogens with two attached hydrogens (primary N) is 1. The van der Waals surface area contributed by atoms with Gasteiger partial charge in [0.15, 0.2) is 23.1 Å². The molecule has 0 aromatic carbocycles. The number of rotatable bonds is 3. The van der Waals surface area contributed by atoms with Crippen molar-refractivity contribution in [3.05, 3.63) is 12.7 Å². The molecule has 1 saturated heterocycles. The van der Waals surface area contributed by atoms with Gasteiger partial charge in [0.1, 0.15) is 30.2 Å². The Balaban J connectivity index is 1.94. The molecule has 0 radical (unpaired) electrons. The molecule has 4 N–H and O–H groups in total. The third-order valence-electron chi connectivity index (χ3n) is 3.39. The number of nitriles is 1. The quantitative estimate of drug-likeness (QED) is 0.309. The molecule has 11 heteroatoms. The van der Waals surface area contributed by atoms with E-state index < -0.39 is 30.0 Å². The van der Waals surface area contributed by atoms with Crippen LogP contribution in [0.15, 0.2) is 12.7 Å². The number of hydrogen-bond acceptors (Lipinski definition) is 10. The number of anilines is 1. The van der Waals surface area contributed by atoms with E-state index in [9.17, 15) is 10.2 Å². The highest BCUT2D eigenvalue weighted by Crippen LogP contribution is 2.34. The Morgan fingerprint density at radius 3 is 2.91 bits per heavy atom. The van der Waals surface area contributed by atoms with Crippen molar-refractivity contribution >= 4 is 29.6 Å². The SMILES string of the molecule is N#COC(S)[C@H]1O[C@@H](n2cnc3c(N)ncnc32)[C@H](O)[C@@H]1O. The van der Waals surface area contributed by atoms with Gasteiger partial charge in [-0.1, -0.05) is 0 Å². The number of imidazole rings is 1. The second-order valence-electron chi connectivity index (χ2n) is 4.66. The molecule has 1 fully saturated rings. The van der Waals surface area contributed by atoms with E-state index in [0.29, 0.717) is 11.2 Å². The molecule has 1 unspecified atom stereocenters. The second kappa shape index (κ2) is 5.58. The van der Waals surface area contributed by atoms with Crippen LogP contribution in [-0.4, -0.2) is 53.5 Å². The number of thiol groups is 1. The first-order valence-electron chi connectivity index (χ1n) is 6.22. The molecule has 5 atom stereocenters. The lowest BCUT2D eigenvalue weighted by Gasteiger charge is -2.18. The van der Waals surface area contributed by atoms with Crippen molar-refractivity contribution in [2.45, 2.75) is 30.0 Å². The average Bonchev–Trinajstić information content (AvgIpc) is 3.03. The van der Waals surface area contributed by atoms with Gasteiger partial charge in [-0.05, 0) is 0 Å². The zero-order chi connectivity index (χ0) is 15.9. The van der Waals surface area contributed by atoms with Crippen LogP contribution >= 0.6 is 12.6 Å². The lowest BCUT2D eigenvalue weighted by Crippen LogP contribution is -2.37. The topological polar surface area (TPSA) is 152 Å². The summed E-state index contributed by atoms with van der Waals surface area (Å²) in [5, 5.41) is 28.7. The van der Waals surface area contributed by atoms with E-state index in [4.69, 9.17) is 15.7 Å². The van der Waals surface area contributed by atoms with E-state index in [1.165, 1.54) is 23.5 Å². The molecule has 0 spiro atoms. The predicted molar refractivity (Wildman–Crippen MR) is 75.1 cm³/mol. The smallest absolute Gasteiger partial charge is 0.287 e. The fourth-order valence-electron chi connectivity index (χ4n) is 2.33. The summed E-state index contributed by atoms with van der Waals surface area (Å²) in [7, 11) is 0. The number of aliphatic hydroxyl groups is 2. The molecule has 0 amide bonds. The van der Waals surface area contributed by atoms with Gasteiger partial charge in [0.25, 0.3) is 6.26 Å². The van der Waals surface area contributed by atoms with E-state index in [-0.39, 0.29) is 5.82 Å². The van der Waals surface area contributed by atoms with Gasteiger partial charge in [-0.25, -0.2) is 15.0 Å². The van der Waals surface area contributed by atoms with Crippen LogP contribution in [0.3, 0.4) is 0 Å². The summed E-state index contributed by atoms with van der Waals surface area (Å²) in [6, 6.07) is 0. The summed E-state index contributed by atoms with van der Waals surface area (Å²) in [4.78, 5) is 11.9. The van der Waals surface area contributed by atoms with Gasteiger partial charge >= 0.3 is 0 Å². The van der Waals surface area contributed by atoms with Gasteiger partial charge in [0.05, 0.1) is 6.33 Å². The van der Waals surface area contributed by atoms with Crippen LogP contribution in [0.4, 0.5) is 5.82 Å². The Labute approximate surface area is 129 Å². The average molecular weight is 324 g/mol. The summed E-state index contributed by atoms with van der Waals surface area (Å²) >= 11 is 4.02. The summed E-state index contributed by atoms with van der Waals surface area (Å²) in [6.45, 7) is 0. The molecule has 0 bridgehead atoms. The predicted octanol–water partition coefficient (Wildman–Crippen LogP) is -1.22. The highest BCUT2D eigenvalue weighted by molar-refractivity contribution is 7.80. The molecule has 1 aliphatic heterocycles. The van der Waals surface area contributed by atoms with Crippen molar-refractivity contribution in [2.24, 2.45) is 0 Å². The van der Waals surface area contributed by atoms with Crippen LogP contribution in [0.1, 0.15) is 6.23 Å². The maximum atomic E-state index is 10.2. The zero-order valence-electron chi connectivity index (χ0n) is 11.0. The Bertz CT molecular complexity index is 733. The van der Waals surface area contributed by atoms with Gasteiger partial charge in [0, 0.05) is 0 Å². The molecule has 2 aromatic rings. The number of fused-ring (bicyclic) bond motifs is 1. The summed E-state index contributed by atoms with van der Waals surface area (Å²) in [5.74, 6) is 0.188.